The summed E-state index contributed by atoms with van der Waals surface area (Å²) in [4.78, 5) is 17.2. The Kier molecular flexibility index (Phi) is 4.27. The van der Waals surface area contributed by atoms with Crippen LogP contribution in [0, 0.1) is 6.92 Å². The largest absolute Gasteiger partial charge is 0.390 e. The molecule has 0 radical (unpaired) electrons. The first-order valence-electron chi connectivity index (χ1n) is 9.79. The molecule has 0 aliphatic carbocycles. The van der Waals surface area contributed by atoms with E-state index in [0.717, 1.165) is 25.7 Å². The third kappa shape index (κ3) is 3.29. The molecule has 3 aliphatic heterocycles. The first kappa shape index (κ1) is 16.9. The number of aliphatic hydroxyl groups is 1. The van der Waals surface area contributed by atoms with Gasteiger partial charge >= 0.3 is 6.03 Å². The molecule has 3 aliphatic rings. The Bertz CT molecular complexity index is 616. The van der Waals surface area contributed by atoms with Gasteiger partial charge in [0.1, 0.15) is 0 Å². The van der Waals surface area contributed by atoms with E-state index in [1.54, 1.807) is 0 Å². The maximum atomic E-state index is 13.1. The summed E-state index contributed by atoms with van der Waals surface area (Å²) in [5.74, 6) is 0.587. The molecule has 1 N–H and O–H groups in total. The van der Waals surface area contributed by atoms with Crippen molar-refractivity contribution in [1.82, 2.24) is 9.80 Å². The summed E-state index contributed by atoms with van der Waals surface area (Å²) in [6, 6.07) is 9.93. The number of nitrogens with zero attached hydrogens (tertiary/aromatic N) is 2. The van der Waals surface area contributed by atoms with Crippen molar-refractivity contribution >= 4 is 6.03 Å². The van der Waals surface area contributed by atoms with Gasteiger partial charge in [0.2, 0.25) is 0 Å². The minimum absolute atomic E-state index is 0.213. The van der Waals surface area contributed by atoms with E-state index in [4.69, 9.17) is 0 Å². The lowest BCUT2D eigenvalue weighted by atomic mass is 9.85. The van der Waals surface area contributed by atoms with Gasteiger partial charge in [-0.15, -0.1) is 0 Å². The summed E-state index contributed by atoms with van der Waals surface area (Å²) in [6.07, 6.45) is 5.85. The molecule has 0 saturated carbocycles. The van der Waals surface area contributed by atoms with Gasteiger partial charge in [-0.1, -0.05) is 29.8 Å². The predicted octanol–water partition coefficient (Wildman–Crippen LogP) is 3.67. The number of likely N-dealkylation sites (tertiary alicyclic amines) is 1. The van der Waals surface area contributed by atoms with Gasteiger partial charge in [-0.05, 0) is 63.9 Å². The monoisotopic (exact) mass is 342 g/mol. The van der Waals surface area contributed by atoms with Gasteiger partial charge in [-0.25, -0.2) is 4.79 Å². The molecule has 4 heteroatoms. The van der Waals surface area contributed by atoms with Crippen LogP contribution >= 0.6 is 0 Å². The van der Waals surface area contributed by atoms with Crippen molar-refractivity contribution in [3.8, 4) is 0 Å². The number of hydrogen-bond donors (Lipinski definition) is 1. The van der Waals surface area contributed by atoms with Crippen LogP contribution in [0.4, 0.5) is 4.79 Å². The van der Waals surface area contributed by atoms with Gasteiger partial charge < -0.3 is 14.9 Å². The van der Waals surface area contributed by atoms with Crippen LogP contribution in [0.15, 0.2) is 24.3 Å². The Morgan fingerprint density at radius 3 is 2.20 bits per heavy atom. The third-order valence-electron chi connectivity index (χ3n) is 6.61. The SMILES string of the molecule is Cc1ccc([C@H]2C[C@H]3CC[C@@H](C2)N3C(=O)N2CCC(C)(O)CC2)cc1. The Morgan fingerprint density at radius 2 is 1.64 bits per heavy atom. The number of amides is 2. The highest BCUT2D eigenvalue weighted by Crippen LogP contribution is 2.43. The number of hydrogen-bond acceptors (Lipinski definition) is 2. The molecule has 4 nitrogen and oxygen atoms in total. The number of carbonyl (C=O) groups excluding carboxylic acids is 1. The van der Waals surface area contributed by atoms with Gasteiger partial charge in [-0.3, -0.25) is 0 Å². The fraction of sp³-hybridized carbons (Fsp3) is 0.667. The van der Waals surface area contributed by atoms with E-state index in [9.17, 15) is 9.90 Å². The zero-order chi connectivity index (χ0) is 17.6. The molecular formula is C21H30N2O2. The van der Waals surface area contributed by atoms with Gasteiger partial charge in [0.05, 0.1) is 5.60 Å². The van der Waals surface area contributed by atoms with E-state index in [0.29, 0.717) is 43.9 Å². The number of fused-ring (bicyclic) bond motifs is 2. The molecule has 4 rings (SSSR count). The predicted molar refractivity (Wildman–Crippen MR) is 98.6 cm³/mol. The fourth-order valence-electron chi connectivity index (χ4n) is 4.94. The summed E-state index contributed by atoms with van der Waals surface area (Å²) in [5, 5.41) is 10.1. The lowest BCUT2D eigenvalue weighted by Gasteiger charge is -2.44. The summed E-state index contributed by atoms with van der Waals surface area (Å²) in [5.41, 5.74) is 2.14. The first-order chi connectivity index (χ1) is 11.9. The maximum Gasteiger partial charge on any atom is 0.320 e. The number of aryl methyl sites for hydroxylation is 1. The van der Waals surface area contributed by atoms with Crippen LogP contribution in [0.2, 0.25) is 0 Å². The van der Waals surface area contributed by atoms with Crippen molar-refractivity contribution in [2.24, 2.45) is 0 Å². The van der Waals surface area contributed by atoms with E-state index >= 15 is 0 Å². The molecule has 1 aromatic carbocycles. The standard InChI is InChI=1S/C21H30N2O2/c1-15-3-5-16(6-4-15)17-13-18-7-8-19(14-17)23(18)20(24)22-11-9-21(2,25)10-12-22/h3-6,17-19,25H,7-14H2,1-2H3/t17-,18+,19-. The average molecular weight is 342 g/mol. The normalized spacial score (nSPS) is 31.2. The van der Waals surface area contributed by atoms with Crippen molar-refractivity contribution in [3.63, 3.8) is 0 Å². The highest BCUT2D eigenvalue weighted by atomic mass is 16.3. The van der Waals surface area contributed by atoms with Crippen molar-refractivity contribution < 1.29 is 9.90 Å². The molecular weight excluding hydrogens is 312 g/mol. The molecule has 0 unspecified atom stereocenters. The second-order valence-corrected chi connectivity index (χ2v) is 8.64. The maximum absolute atomic E-state index is 13.1. The summed E-state index contributed by atoms with van der Waals surface area (Å²) < 4.78 is 0. The molecule has 0 spiro atoms. The zero-order valence-corrected chi connectivity index (χ0v) is 15.4. The molecule has 2 bridgehead atoms. The van der Waals surface area contributed by atoms with Gasteiger partial charge in [-0.2, -0.15) is 0 Å². The number of urea groups is 1. The Balaban J connectivity index is 1.44. The number of benzene rings is 1. The van der Waals surface area contributed by atoms with Crippen molar-refractivity contribution in [2.45, 2.75) is 76.0 Å². The zero-order valence-electron chi connectivity index (χ0n) is 15.4. The van der Waals surface area contributed by atoms with Crippen LogP contribution in [-0.4, -0.2) is 51.7 Å². The lowest BCUT2D eigenvalue weighted by molar-refractivity contribution is -0.00273. The first-order valence-corrected chi connectivity index (χ1v) is 9.79. The fourth-order valence-corrected chi connectivity index (χ4v) is 4.94. The molecule has 3 fully saturated rings. The van der Waals surface area contributed by atoms with Gasteiger partial charge in [0.15, 0.2) is 0 Å². The summed E-state index contributed by atoms with van der Waals surface area (Å²) in [6.45, 7) is 5.38. The molecule has 3 saturated heterocycles. The minimum Gasteiger partial charge on any atom is -0.390 e. The lowest BCUT2D eigenvalue weighted by Crippen LogP contribution is -2.55. The average Bonchev–Trinajstić information content (AvgIpc) is 2.85. The second kappa shape index (κ2) is 6.31. The molecule has 25 heavy (non-hydrogen) atoms. The van der Waals surface area contributed by atoms with E-state index in [1.165, 1.54) is 11.1 Å². The Hall–Kier alpha value is -1.55. The van der Waals surface area contributed by atoms with Crippen LogP contribution in [0.3, 0.4) is 0 Å². The van der Waals surface area contributed by atoms with Crippen LogP contribution < -0.4 is 0 Å². The molecule has 3 atom stereocenters. The van der Waals surface area contributed by atoms with Crippen LogP contribution in [-0.2, 0) is 0 Å². The van der Waals surface area contributed by atoms with Crippen LogP contribution in [0.5, 0.6) is 0 Å². The highest BCUT2D eigenvalue weighted by molar-refractivity contribution is 5.76. The molecule has 0 aromatic heterocycles. The highest BCUT2D eigenvalue weighted by Gasteiger charge is 2.45. The van der Waals surface area contributed by atoms with Crippen LogP contribution in [0.25, 0.3) is 0 Å². The van der Waals surface area contributed by atoms with Crippen molar-refractivity contribution in [3.05, 3.63) is 35.4 Å². The molecule has 3 heterocycles. The molecule has 1 aromatic rings. The summed E-state index contributed by atoms with van der Waals surface area (Å²) in [7, 11) is 0. The van der Waals surface area contributed by atoms with Crippen LogP contribution in [0.1, 0.15) is 62.5 Å². The summed E-state index contributed by atoms with van der Waals surface area (Å²) >= 11 is 0. The molecule has 136 valence electrons. The third-order valence-corrected chi connectivity index (χ3v) is 6.61. The second-order valence-electron chi connectivity index (χ2n) is 8.64. The van der Waals surface area contributed by atoms with Gasteiger partial charge in [0.25, 0.3) is 0 Å². The Morgan fingerprint density at radius 1 is 1.08 bits per heavy atom. The quantitative estimate of drug-likeness (QED) is 0.846. The number of rotatable bonds is 1. The number of carbonyl (C=O) groups is 1. The van der Waals surface area contributed by atoms with E-state index in [1.807, 2.05) is 11.8 Å². The molecule has 2 amide bonds. The Labute approximate surface area is 150 Å². The van der Waals surface area contributed by atoms with Crippen molar-refractivity contribution in [1.29, 1.82) is 0 Å². The van der Waals surface area contributed by atoms with E-state index in [2.05, 4.69) is 36.1 Å². The van der Waals surface area contributed by atoms with E-state index in [-0.39, 0.29) is 6.03 Å². The topological polar surface area (TPSA) is 43.8 Å². The smallest absolute Gasteiger partial charge is 0.320 e. The van der Waals surface area contributed by atoms with E-state index < -0.39 is 5.60 Å². The minimum atomic E-state index is -0.603. The van der Waals surface area contributed by atoms with Gasteiger partial charge in [0, 0.05) is 25.2 Å². The van der Waals surface area contributed by atoms with Crippen molar-refractivity contribution in [2.75, 3.05) is 13.1 Å². The number of piperidine rings is 2.